The van der Waals surface area contributed by atoms with E-state index in [0.717, 1.165) is 0 Å². The minimum Gasteiger partial charge on any atom is -0.493 e. The van der Waals surface area contributed by atoms with E-state index in [1.54, 1.807) is 49.5 Å². The molecule has 1 fully saturated rings. The Labute approximate surface area is 152 Å². The summed E-state index contributed by atoms with van der Waals surface area (Å²) in [6, 6.07) is 14.3. The van der Waals surface area contributed by atoms with E-state index >= 15 is 0 Å². The molecule has 3 amide bonds. The van der Waals surface area contributed by atoms with Gasteiger partial charge in [0.05, 0.1) is 14.2 Å². The highest BCUT2D eigenvalue weighted by Crippen LogP contribution is 2.32. The Morgan fingerprint density at radius 3 is 2.46 bits per heavy atom. The summed E-state index contributed by atoms with van der Waals surface area (Å²) in [6.45, 7) is 1.000. The Bertz CT molecular complexity index is 795. The van der Waals surface area contributed by atoms with Gasteiger partial charge in [0.2, 0.25) is 5.91 Å². The van der Waals surface area contributed by atoms with Crippen LogP contribution >= 0.6 is 0 Å². The van der Waals surface area contributed by atoms with Crippen LogP contribution in [-0.2, 0) is 4.79 Å². The average molecular weight is 355 g/mol. The summed E-state index contributed by atoms with van der Waals surface area (Å²) in [4.78, 5) is 28.0. The van der Waals surface area contributed by atoms with Crippen molar-refractivity contribution in [2.45, 2.75) is 0 Å². The highest BCUT2D eigenvalue weighted by atomic mass is 16.5. The summed E-state index contributed by atoms with van der Waals surface area (Å²) in [6.07, 6.45) is 0. The second-order valence-electron chi connectivity index (χ2n) is 5.81. The summed E-state index contributed by atoms with van der Waals surface area (Å²) in [5.74, 6) is 0.929. The number of hydrogen-bond acceptors (Lipinski definition) is 4. The van der Waals surface area contributed by atoms with Crippen molar-refractivity contribution in [3.8, 4) is 11.5 Å². The van der Waals surface area contributed by atoms with Gasteiger partial charge in [-0.1, -0.05) is 18.2 Å². The molecule has 1 N–H and O–H groups in total. The molecule has 0 saturated carbocycles. The number of nitrogens with one attached hydrogen (secondary N) is 1. The third-order valence-electron chi connectivity index (χ3n) is 4.17. The zero-order valence-electron chi connectivity index (χ0n) is 14.8. The van der Waals surface area contributed by atoms with E-state index in [9.17, 15) is 9.59 Å². The molecule has 0 aromatic heterocycles. The van der Waals surface area contributed by atoms with E-state index in [-0.39, 0.29) is 18.5 Å². The molecule has 2 aromatic rings. The van der Waals surface area contributed by atoms with Gasteiger partial charge in [-0.05, 0) is 24.3 Å². The van der Waals surface area contributed by atoms with Crippen molar-refractivity contribution < 1.29 is 19.1 Å². The summed E-state index contributed by atoms with van der Waals surface area (Å²) in [5, 5.41) is 2.79. The number of anilines is 2. The molecule has 1 aliphatic rings. The first kappa shape index (κ1) is 17.6. The van der Waals surface area contributed by atoms with Gasteiger partial charge in [-0.15, -0.1) is 0 Å². The number of methoxy groups -OCH3 is 2. The number of para-hydroxylation sites is 1. The Balaban J connectivity index is 1.65. The maximum absolute atomic E-state index is 12.6. The molecule has 3 rings (SSSR count). The van der Waals surface area contributed by atoms with Crippen LogP contribution in [0.2, 0.25) is 0 Å². The molecule has 1 aliphatic heterocycles. The number of nitrogens with zero attached hydrogens (tertiary/aromatic N) is 2. The third kappa shape index (κ3) is 3.72. The van der Waals surface area contributed by atoms with Gasteiger partial charge in [0.1, 0.15) is 6.54 Å². The van der Waals surface area contributed by atoms with Crippen LogP contribution in [0.4, 0.5) is 16.2 Å². The molecule has 0 spiro atoms. The van der Waals surface area contributed by atoms with Crippen LogP contribution < -0.4 is 19.7 Å². The highest BCUT2D eigenvalue weighted by Gasteiger charge is 2.31. The van der Waals surface area contributed by atoms with Crippen molar-refractivity contribution in [2.75, 3.05) is 44.1 Å². The molecular formula is C19H21N3O4. The number of carbonyl (C=O) groups is 2. The quantitative estimate of drug-likeness (QED) is 0.865. The fraction of sp³-hybridized carbons (Fsp3) is 0.263. The van der Waals surface area contributed by atoms with Crippen molar-refractivity contribution in [2.24, 2.45) is 0 Å². The first-order valence-corrected chi connectivity index (χ1v) is 8.25. The zero-order chi connectivity index (χ0) is 18.5. The Morgan fingerprint density at radius 2 is 1.77 bits per heavy atom. The standard InChI is InChI=1S/C19H21N3O4/c1-25-16-9-8-15(12-17(16)26-2)22-11-10-21(19(22)24)13-18(23)20-14-6-4-3-5-7-14/h3-9,12H,10-11,13H2,1-2H3,(H,20,23). The van der Waals surface area contributed by atoms with Crippen LogP contribution in [0.5, 0.6) is 11.5 Å². The van der Waals surface area contributed by atoms with Gasteiger partial charge in [0, 0.05) is 30.5 Å². The Morgan fingerprint density at radius 1 is 1.04 bits per heavy atom. The molecule has 1 saturated heterocycles. The molecule has 7 heteroatoms. The Kier molecular flexibility index (Phi) is 5.26. The fourth-order valence-corrected chi connectivity index (χ4v) is 2.86. The second kappa shape index (κ2) is 7.77. The highest BCUT2D eigenvalue weighted by molar-refractivity contribution is 5.99. The maximum Gasteiger partial charge on any atom is 0.325 e. The molecule has 0 bridgehead atoms. The molecule has 2 aromatic carbocycles. The summed E-state index contributed by atoms with van der Waals surface area (Å²) < 4.78 is 10.5. The SMILES string of the molecule is COc1ccc(N2CCN(CC(=O)Nc3ccccc3)C2=O)cc1OC. The van der Waals surface area contributed by atoms with Crippen molar-refractivity contribution in [1.82, 2.24) is 4.90 Å². The lowest BCUT2D eigenvalue weighted by Crippen LogP contribution is -2.37. The van der Waals surface area contributed by atoms with Crippen LogP contribution in [0, 0.1) is 0 Å². The lowest BCUT2D eigenvalue weighted by molar-refractivity contribution is -0.116. The van der Waals surface area contributed by atoms with Crippen LogP contribution in [0.1, 0.15) is 0 Å². The lowest BCUT2D eigenvalue weighted by Gasteiger charge is -2.19. The van der Waals surface area contributed by atoms with Gasteiger partial charge in [-0.25, -0.2) is 4.79 Å². The minimum atomic E-state index is -0.223. The summed E-state index contributed by atoms with van der Waals surface area (Å²) in [5.41, 5.74) is 1.42. The molecule has 26 heavy (non-hydrogen) atoms. The molecule has 1 heterocycles. The first-order valence-electron chi connectivity index (χ1n) is 8.25. The van der Waals surface area contributed by atoms with Gasteiger partial charge in [-0.2, -0.15) is 0 Å². The van der Waals surface area contributed by atoms with Gasteiger partial charge >= 0.3 is 6.03 Å². The predicted molar refractivity (Wildman–Crippen MR) is 98.9 cm³/mol. The minimum absolute atomic E-state index is 0.0114. The average Bonchev–Trinajstić information content (AvgIpc) is 3.02. The number of amides is 3. The van der Waals surface area contributed by atoms with Gasteiger partial charge < -0.3 is 19.7 Å². The third-order valence-corrected chi connectivity index (χ3v) is 4.17. The van der Waals surface area contributed by atoms with E-state index in [1.807, 2.05) is 18.2 Å². The molecule has 0 unspecified atom stereocenters. The normalized spacial score (nSPS) is 13.7. The van der Waals surface area contributed by atoms with Crippen LogP contribution in [0.3, 0.4) is 0 Å². The van der Waals surface area contributed by atoms with Gasteiger partial charge in [0.25, 0.3) is 0 Å². The number of carbonyl (C=O) groups excluding carboxylic acids is 2. The largest absolute Gasteiger partial charge is 0.493 e. The van der Waals surface area contributed by atoms with Crippen molar-refractivity contribution >= 4 is 23.3 Å². The van der Waals surface area contributed by atoms with E-state index in [0.29, 0.717) is 36.0 Å². The number of ether oxygens (including phenoxy) is 2. The first-order chi connectivity index (χ1) is 12.6. The number of hydrogen-bond donors (Lipinski definition) is 1. The lowest BCUT2D eigenvalue weighted by atomic mass is 10.2. The predicted octanol–water partition coefficient (Wildman–Crippen LogP) is 2.58. The monoisotopic (exact) mass is 355 g/mol. The smallest absolute Gasteiger partial charge is 0.325 e. The number of rotatable bonds is 6. The van der Waals surface area contributed by atoms with Crippen LogP contribution in [0.15, 0.2) is 48.5 Å². The molecule has 0 radical (unpaired) electrons. The zero-order valence-corrected chi connectivity index (χ0v) is 14.8. The van der Waals surface area contributed by atoms with E-state index in [2.05, 4.69) is 5.32 Å². The van der Waals surface area contributed by atoms with Gasteiger partial charge in [0.15, 0.2) is 11.5 Å². The van der Waals surface area contributed by atoms with Crippen molar-refractivity contribution in [3.05, 3.63) is 48.5 Å². The molecule has 0 aliphatic carbocycles. The van der Waals surface area contributed by atoms with Gasteiger partial charge in [-0.3, -0.25) is 9.69 Å². The molecule has 0 atom stereocenters. The molecule has 7 nitrogen and oxygen atoms in total. The topological polar surface area (TPSA) is 71.1 Å². The molecular weight excluding hydrogens is 334 g/mol. The van der Waals surface area contributed by atoms with Crippen molar-refractivity contribution in [1.29, 1.82) is 0 Å². The van der Waals surface area contributed by atoms with E-state index in [4.69, 9.17) is 9.47 Å². The number of urea groups is 1. The maximum atomic E-state index is 12.6. The summed E-state index contributed by atoms with van der Waals surface area (Å²) in [7, 11) is 3.11. The fourth-order valence-electron chi connectivity index (χ4n) is 2.86. The summed E-state index contributed by atoms with van der Waals surface area (Å²) >= 11 is 0. The second-order valence-corrected chi connectivity index (χ2v) is 5.81. The van der Waals surface area contributed by atoms with Crippen molar-refractivity contribution in [3.63, 3.8) is 0 Å². The van der Waals surface area contributed by atoms with Crippen LogP contribution in [-0.4, -0.2) is 50.7 Å². The molecule has 136 valence electrons. The number of benzene rings is 2. The Hall–Kier alpha value is -3.22. The van der Waals surface area contributed by atoms with E-state index in [1.165, 1.54) is 4.90 Å². The van der Waals surface area contributed by atoms with Crippen LogP contribution in [0.25, 0.3) is 0 Å². The van der Waals surface area contributed by atoms with E-state index < -0.39 is 0 Å².